The second-order valence-corrected chi connectivity index (χ2v) is 4.34. The van der Waals surface area contributed by atoms with E-state index in [0.29, 0.717) is 7.69 Å². The van der Waals surface area contributed by atoms with Crippen molar-refractivity contribution in [3.63, 3.8) is 0 Å². The Morgan fingerprint density at radius 2 is 2.00 bits per heavy atom. The fourth-order valence-corrected chi connectivity index (χ4v) is 2.31. The molecule has 0 bridgehead atoms. The molecule has 0 fully saturated rings. The molecule has 0 aliphatic carbocycles. The first-order valence-corrected chi connectivity index (χ1v) is 6.21. The predicted molar refractivity (Wildman–Crippen MR) is 76.3 cm³/mol. The Morgan fingerprint density at radius 1 is 1.16 bits per heavy atom. The van der Waals surface area contributed by atoms with E-state index in [1.807, 2.05) is 48.5 Å². The highest BCUT2D eigenvalue weighted by atomic mass is 19.1. The zero-order valence-corrected chi connectivity index (χ0v) is 10.4. The summed E-state index contributed by atoms with van der Waals surface area (Å²) >= 11 is 0. The van der Waals surface area contributed by atoms with Crippen LogP contribution in [0.5, 0.6) is 0 Å². The number of hydrogen-bond donors (Lipinski definition) is 1. The first-order chi connectivity index (χ1) is 9.40. The molecular formula is C15H13BFN2. The van der Waals surface area contributed by atoms with Gasteiger partial charge in [0.05, 0.1) is 0 Å². The highest BCUT2D eigenvalue weighted by Crippen LogP contribution is 2.27. The Balaban J connectivity index is 2.19. The zero-order chi connectivity index (χ0) is 13.1. The Kier molecular flexibility index (Phi) is 3.23. The molecule has 0 spiro atoms. The lowest BCUT2D eigenvalue weighted by molar-refractivity contribution is 0.832. The van der Waals surface area contributed by atoms with Crippen LogP contribution >= 0.6 is 0 Å². The summed E-state index contributed by atoms with van der Waals surface area (Å²) in [7, 11) is 0.581. The lowest BCUT2D eigenvalue weighted by Crippen LogP contribution is -2.11. The van der Waals surface area contributed by atoms with E-state index in [-0.39, 0.29) is 0 Å². The van der Waals surface area contributed by atoms with Crippen molar-refractivity contribution in [1.82, 2.24) is 9.79 Å². The first kappa shape index (κ1) is 11.8. The zero-order valence-electron chi connectivity index (χ0n) is 10.4. The van der Waals surface area contributed by atoms with Crippen molar-refractivity contribution >= 4 is 13.3 Å². The van der Waals surface area contributed by atoms with Gasteiger partial charge in [-0.05, 0) is 30.0 Å². The number of allylic oxidation sites excluding steroid dienone is 1. The average molecular weight is 251 g/mol. The lowest BCUT2D eigenvalue weighted by atomic mass is 9.99. The van der Waals surface area contributed by atoms with E-state index >= 15 is 0 Å². The fraction of sp³-hybridized carbons (Fsp3) is 0.0667. The Labute approximate surface area is 112 Å². The average Bonchev–Trinajstić information content (AvgIpc) is 3.12. The van der Waals surface area contributed by atoms with Gasteiger partial charge in [0, 0.05) is 23.5 Å². The van der Waals surface area contributed by atoms with Crippen LogP contribution in [-0.4, -0.2) is 18.7 Å². The molecule has 0 saturated heterocycles. The Hall–Kier alpha value is -2.23. The van der Waals surface area contributed by atoms with Crippen molar-refractivity contribution in [3.05, 3.63) is 77.8 Å². The summed E-state index contributed by atoms with van der Waals surface area (Å²) in [6, 6.07) is 13.8. The van der Waals surface area contributed by atoms with Crippen molar-refractivity contribution in [2.75, 3.05) is 6.54 Å². The van der Waals surface area contributed by atoms with Crippen molar-refractivity contribution < 1.29 is 4.32 Å². The second-order valence-electron chi connectivity index (χ2n) is 4.34. The second kappa shape index (κ2) is 5.18. The van der Waals surface area contributed by atoms with Gasteiger partial charge >= 0.3 is 7.69 Å². The standard InChI is InChI=1S/C15H13BFN2/c17-16-19-11-5-9-14(19)15(13-8-4-10-18-13)12-6-2-1-3-7-12/h1-9,11,18H,10H2/b15-13-. The van der Waals surface area contributed by atoms with Gasteiger partial charge in [-0.25, -0.2) is 0 Å². The summed E-state index contributed by atoms with van der Waals surface area (Å²) in [5.41, 5.74) is 3.93. The number of nitrogens with one attached hydrogen (secondary N) is 1. The summed E-state index contributed by atoms with van der Waals surface area (Å²) in [6.45, 7) is 0.811. The largest absolute Gasteiger partial charge is 0.495 e. The van der Waals surface area contributed by atoms with Crippen molar-refractivity contribution in [1.29, 1.82) is 0 Å². The van der Waals surface area contributed by atoms with Gasteiger partial charge in [-0.15, -0.1) is 0 Å². The van der Waals surface area contributed by atoms with Crippen LogP contribution in [0.15, 0.2) is 66.5 Å². The summed E-state index contributed by atoms with van der Waals surface area (Å²) in [5, 5.41) is 3.31. The number of nitrogens with zero attached hydrogens (tertiary/aromatic N) is 1. The van der Waals surface area contributed by atoms with Crippen molar-refractivity contribution in [3.8, 4) is 0 Å². The third kappa shape index (κ3) is 2.21. The van der Waals surface area contributed by atoms with Crippen LogP contribution in [0.4, 0.5) is 4.32 Å². The molecule has 1 N–H and O–H groups in total. The highest BCUT2D eigenvalue weighted by molar-refractivity contribution is 6.25. The molecule has 4 heteroatoms. The molecule has 2 aromatic rings. The summed E-state index contributed by atoms with van der Waals surface area (Å²) in [4.78, 5) is 0. The maximum atomic E-state index is 13.0. The molecule has 3 rings (SSSR count). The topological polar surface area (TPSA) is 17.0 Å². The van der Waals surface area contributed by atoms with E-state index in [1.165, 1.54) is 4.48 Å². The van der Waals surface area contributed by atoms with Gasteiger partial charge in [-0.2, -0.15) is 0 Å². The van der Waals surface area contributed by atoms with Crippen LogP contribution in [-0.2, 0) is 0 Å². The number of aromatic nitrogens is 1. The van der Waals surface area contributed by atoms with Gasteiger partial charge in [-0.1, -0.05) is 36.4 Å². The van der Waals surface area contributed by atoms with E-state index in [1.54, 1.807) is 6.20 Å². The summed E-state index contributed by atoms with van der Waals surface area (Å²) < 4.78 is 14.4. The molecule has 0 atom stereocenters. The molecule has 93 valence electrons. The van der Waals surface area contributed by atoms with E-state index in [4.69, 9.17) is 0 Å². The van der Waals surface area contributed by atoms with Crippen molar-refractivity contribution in [2.24, 2.45) is 0 Å². The molecule has 1 aliphatic rings. The molecule has 1 aliphatic heterocycles. The van der Waals surface area contributed by atoms with E-state index in [2.05, 4.69) is 11.4 Å². The quantitative estimate of drug-likeness (QED) is 0.830. The van der Waals surface area contributed by atoms with E-state index < -0.39 is 0 Å². The molecule has 1 aromatic carbocycles. The number of benzene rings is 1. The number of halogens is 1. The SMILES string of the molecule is F[B]n1cccc1/C(=C1/C=CCN1)c1ccccc1. The molecule has 2 nitrogen and oxygen atoms in total. The predicted octanol–water partition coefficient (Wildman–Crippen LogP) is 2.76. The van der Waals surface area contributed by atoms with Gasteiger partial charge in [0.2, 0.25) is 0 Å². The minimum atomic E-state index is 0.581. The summed E-state index contributed by atoms with van der Waals surface area (Å²) in [5.74, 6) is 0. The van der Waals surface area contributed by atoms with Gasteiger partial charge in [0.15, 0.2) is 0 Å². The van der Waals surface area contributed by atoms with Crippen LogP contribution in [0.3, 0.4) is 0 Å². The molecule has 0 unspecified atom stereocenters. The van der Waals surface area contributed by atoms with Gasteiger partial charge in [0.1, 0.15) is 0 Å². The van der Waals surface area contributed by atoms with E-state index in [0.717, 1.165) is 29.1 Å². The fourth-order valence-electron chi connectivity index (χ4n) is 2.31. The molecular weight excluding hydrogens is 238 g/mol. The minimum Gasteiger partial charge on any atom is -0.381 e. The monoisotopic (exact) mass is 251 g/mol. The minimum absolute atomic E-state index is 0.581. The van der Waals surface area contributed by atoms with Gasteiger partial charge < -0.3 is 14.1 Å². The maximum Gasteiger partial charge on any atom is 0.495 e. The molecule has 0 amide bonds. The van der Waals surface area contributed by atoms with Crippen LogP contribution in [0.1, 0.15) is 11.3 Å². The first-order valence-electron chi connectivity index (χ1n) is 6.21. The van der Waals surface area contributed by atoms with Crippen LogP contribution in [0, 0.1) is 0 Å². The molecule has 1 aromatic heterocycles. The van der Waals surface area contributed by atoms with Crippen LogP contribution < -0.4 is 5.32 Å². The van der Waals surface area contributed by atoms with Crippen molar-refractivity contribution in [2.45, 2.75) is 0 Å². The van der Waals surface area contributed by atoms with E-state index in [9.17, 15) is 4.32 Å². The smallest absolute Gasteiger partial charge is 0.381 e. The molecule has 0 saturated carbocycles. The normalized spacial score (nSPS) is 16.3. The maximum absolute atomic E-state index is 13.0. The number of hydrogen-bond acceptors (Lipinski definition) is 1. The third-order valence-corrected chi connectivity index (χ3v) is 3.17. The Morgan fingerprint density at radius 3 is 2.68 bits per heavy atom. The third-order valence-electron chi connectivity index (χ3n) is 3.17. The molecule has 19 heavy (non-hydrogen) atoms. The lowest BCUT2D eigenvalue weighted by Gasteiger charge is -2.13. The van der Waals surface area contributed by atoms with Gasteiger partial charge in [0.25, 0.3) is 0 Å². The summed E-state index contributed by atoms with van der Waals surface area (Å²) in [6.07, 6.45) is 5.81. The number of rotatable bonds is 3. The van der Waals surface area contributed by atoms with Crippen LogP contribution in [0.25, 0.3) is 5.57 Å². The molecule has 2 heterocycles. The van der Waals surface area contributed by atoms with Crippen LogP contribution in [0.2, 0.25) is 0 Å². The van der Waals surface area contributed by atoms with Gasteiger partial charge in [-0.3, -0.25) is 0 Å². The molecule has 1 radical (unpaired) electrons. The highest BCUT2D eigenvalue weighted by Gasteiger charge is 2.15. The Bertz CT molecular complexity index is 629.